The molecule has 0 aliphatic heterocycles. The van der Waals surface area contributed by atoms with Crippen LogP contribution in [-0.2, 0) is 4.79 Å². The maximum Gasteiger partial charge on any atom is 0.336 e. The summed E-state index contributed by atoms with van der Waals surface area (Å²) in [5.41, 5.74) is 0.984. The van der Waals surface area contributed by atoms with Gasteiger partial charge in [-0.05, 0) is 55.2 Å². The highest BCUT2D eigenvalue weighted by molar-refractivity contribution is 9.10. The molecular formula is C23H15BrO2. The summed E-state index contributed by atoms with van der Waals surface area (Å²) in [5.74, 6) is 0.102. The predicted octanol–water partition coefficient (Wildman–Crippen LogP) is 6.37. The molecule has 0 N–H and O–H groups in total. The summed E-state index contributed by atoms with van der Waals surface area (Å²) in [6.45, 7) is 0. The molecule has 0 unspecified atom stereocenters. The molecule has 0 aromatic heterocycles. The van der Waals surface area contributed by atoms with Crippen LogP contribution in [0.5, 0.6) is 5.75 Å². The summed E-state index contributed by atoms with van der Waals surface area (Å²) < 4.78 is 6.29. The molecule has 0 saturated carbocycles. The number of carbonyl (C=O) groups is 1. The number of halogens is 1. The van der Waals surface area contributed by atoms with E-state index in [-0.39, 0.29) is 0 Å². The first-order chi connectivity index (χ1) is 12.7. The zero-order valence-corrected chi connectivity index (χ0v) is 15.4. The topological polar surface area (TPSA) is 26.3 Å². The zero-order chi connectivity index (χ0) is 17.9. The van der Waals surface area contributed by atoms with E-state index in [1.165, 1.54) is 6.08 Å². The van der Waals surface area contributed by atoms with Crippen LogP contribution in [0.1, 0.15) is 5.56 Å². The summed E-state index contributed by atoms with van der Waals surface area (Å²) in [4.78, 5) is 12.3. The Morgan fingerprint density at radius 3 is 2.23 bits per heavy atom. The van der Waals surface area contributed by atoms with E-state index in [2.05, 4.69) is 28.1 Å². The van der Waals surface area contributed by atoms with Gasteiger partial charge in [0.2, 0.25) is 0 Å². The van der Waals surface area contributed by atoms with E-state index in [0.29, 0.717) is 5.75 Å². The van der Waals surface area contributed by atoms with E-state index in [9.17, 15) is 4.79 Å². The minimum absolute atomic E-state index is 0.408. The molecule has 2 nitrogen and oxygen atoms in total. The van der Waals surface area contributed by atoms with Gasteiger partial charge in [-0.1, -0.05) is 72.8 Å². The molecule has 0 radical (unpaired) electrons. The maximum atomic E-state index is 12.3. The van der Waals surface area contributed by atoms with Crippen molar-refractivity contribution in [1.82, 2.24) is 0 Å². The Balaban J connectivity index is 1.59. The molecule has 0 aliphatic rings. The van der Waals surface area contributed by atoms with Crippen molar-refractivity contribution in [2.24, 2.45) is 0 Å². The van der Waals surface area contributed by atoms with Gasteiger partial charge in [0.1, 0.15) is 5.75 Å². The van der Waals surface area contributed by atoms with Crippen molar-refractivity contribution in [3.8, 4) is 5.75 Å². The minimum Gasteiger partial charge on any atom is -0.422 e. The molecule has 0 saturated heterocycles. The molecule has 0 heterocycles. The number of hydrogen-bond donors (Lipinski definition) is 0. The standard InChI is InChI=1S/C23H15BrO2/c24-23-20-11-4-2-7-18(20)12-14-21(23)26-22(25)15-13-17-9-5-8-16-6-1-3-10-19(16)17/h1-15H/b15-13+. The van der Waals surface area contributed by atoms with Crippen molar-refractivity contribution in [3.63, 3.8) is 0 Å². The van der Waals surface area contributed by atoms with Gasteiger partial charge in [0.25, 0.3) is 0 Å². The lowest BCUT2D eigenvalue weighted by Crippen LogP contribution is -2.04. The van der Waals surface area contributed by atoms with Gasteiger partial charge in [0, 0.05) is 6.08 Å². The Morgan fingerprint density at radius 1 is 0.769 bits per heavy atom. The number of fused-ring (bicyclic) bond motifs is 2. The van der Waals surface area contributed by atoms with E-state index in [1.54, 1.807) is 12.1 Å². The second-order valence-corrected chi connectivity index (χ2v) is 6.71. The van der Waals surface area contributed by atoms with Gasteiger partial charge >= 0.3 is 5.97 Å². The molecule has 0 spiro atoms. The third kappa shape index (κ3) is 3.26. The molecule has 0 atom stereocenters. The Kier molecular flexibility index (Phi) is 4.55. The van der Waals surface area contributed by atoms with Crippen molar-refractivity contribution < 1.29 is 9.53 Å². The summed E-state index contributed by atoms with van der Waals surface area (Å²) in [6.07, 6.45) is 3.25. The van der Waals surface area contributed by atoms with E-state index >= 15 is 0 Å². The molecule has 0 amide bonds. The average molecular weight is 403 g/mol. The molecule has 4 aromatic rings. The second kappa shape index (κ2) is 7.14. The smallest absolute Gasteiger partial charge is 0.336 e. The van der Waals surface area contributed by atoms with Crippen molar-refractivity contribution in [2.45, 2.75) is 0 Å². The fourth-order valence-corrected chi connectivity index (χ4v) is 3.56. The van der Waals surface area contributed by atoms with Crippen LogP contribution in [0.25, 0.3) is 27.6 Å². The molecule has 0 fully saturated rings. The molecule has 0 bridgehead atoms. The summed E-state index contributed by atoms with van der Waals surface area (Å²) in [6, 6.07) is 25.8. The van der Waals surface area contributed by atoms with Crippen molar-refractivity contribution in [1.29, 1.82) is 0 Å². The van der Waals surface area contributed by atoms with E-state index in [4.69, 9.17) is 4.74 Å². The molecule has 3 heteroatoms. The maximum absolute atomic E-state index is 12.3. The van der Waals surface area contributed by atoms with Crippen molar-refractivity contribution in [3.05, 3.63) is 95.0 Å². The third-order valence-electron chi connectivity index (χ3n) is 4.26. The monoisotopic (exact) mass is 402 g/mol. The number of benzene rings is 4. The fraction of sp³-hybridized carbons (Fsp3) is 0. The van der Waals surface area contributed by atoms with Gasteiger partial charge in [-0.3, -0.25) is 0 Å². The number of esters is 1. The highest BCUT2D eigenvalue weighted by Crippen LogP contribution is 2.33. The third-order valence-corrected chi connectivity index (χ3v) is 5.08. The van der Waals surface area contributed by atoms with Gasteiger partial charge in [-0.25, -0.2) is 4.79 Å². The lowest BCUT2D eigenvalue weighted by atomic mass is 10.0. The average Bonchev–Trinajstić information content (AvgIpc) is 2.69. The first kappa shape index (κ1) is 16.6. The lowest BCUT2D eigenvalue weighted by Gasteiger charge is -2.07. The highest BCUT2D eigenvalue weighted by atomic mass is 79.9. The molecule has 4 rings (SSSR count). The minimum atomic E-state index is -0.408. The fourth-order valence-electron chi connectivity index (χ4n) is 2.99. The number of carbonyl (C=O) groups excluding carboxylic acids is 1. The van der Waals surface area contributed by atoms with Gasteiger partial charge in [0.15, 0.2) is 0 Å². The van der Waals surface area contributed by atoms with Crippen molar-refractivity contribution in [2.75, 3.05) is 0 Å². The van der Waals surface area contributed by atoms with Crippen LogP contribution in [0.3, 0.4) is 0 Å². The Morgan fingerprint density at radius 2 is 1.42 bits per heavy atom. The number of hydrogen-bond acceptors (Lipinski definition) is 2. The Labute approximate surface area is 159 Å². The SMILES string of the molecule is O=C(/C=C/c1cccc2ccccc12)Oc1ccc2ccccc2c1Br. The summed E-state index contributed by atoms with van der Waals surface area (Å²) >= 11 is 3.54. The normalized spacial score (nSPS) is 11.3. The van der Waals surface area contributed by atoms with E-state index in [0.717, 1.165) is 31.6 Å². The van der Waals surface area contributed by atoms with Crippen LogP contribution < -0.4 is 4.74 Å². The summed E-state index contributed by atoms with van der Waals surface area (Å²) in [7, 11) is 0. The van der Waals surface area contributed by atoms with Crippen LogP contribution in [0.2, 0.25) is 0 Å². The van der Waals surface area contributed by atoms with Gasteiger partial charge < -0.3 is 4.74 Å². The van der Waals surface area contributed by atoms with Gasteiger partial charge in [-0.2, -0.15) is 0 Å². The quantitative estimate of drug-likeness (QED) is 0.226. The lowest BCUT2D eigenvalue weighted by molar-refractivity contribution is -0.128. The predicted molar refractivity (Wildman–Crippen MR) is 110 cm³/mol. The number of ether oxygens (including phenoxy) is 1. The van der Waals surface area contributed by atoms with E-state index < -0.39 is 5.97 Å². The highest BCUT2D eigenvalue weighted by Gasteiger charge is 2.09. The molecule has 4 aromatic carbocycles. The van der Waals surface area contributed by atoms with Crippen LogP contribution in [0.4, 0.5) is 0 Å². The molecule has 0 aliphatic carbocycles. The van der Waals surface area contributed by atoms with Crippen LogP contribution in [0, 0.1) is 0 Å². The first-order valence-corrected chi connectivity index (χ1v) is 9.06. The van der Waals surface area contributed by atoms with Crippen LogP contribution in [0.15, 0.2) is 89.4 Å². The molecule has 26 heavy (non-hydrogen) atoms. The Bertz CT molecular complexity index is 1140. The zero-order valence-electron chi connectivity index (χ0n) is 13.9. The van der Waals surface area contributed by atoms with Gasteiger partial charge in [-0.15, -0.1) is 0 Å². The molecule has 126 valence electrons. The number of rotatable bonds is 3. The summed E-state index contributed by atoms with van der Waals surface area (Å²) in [5, 5.41) is 4.34. The molecular weight excluding hydrogens is 388 g/mol. The van der Waals surface area contributed by atoms with Crippen molar-refractivity contribution >= 4 is 49.5 Å². The first-order valence-electron chi connectivity index (χ1n) is 8.27. The van der Waals surface area contributed by atoms with Crippen LogP contribution in [-0.4, -0.2) is 5.97 Å². The largest absolute Gasteiger partial charge is 0.422 e. The van der Waals surface area contributed by atoms with Crippen LogP contribution >= 0.6 is 15.9 Å². The second-order valence-electron chi connectivity index (χ2n) is 5.92. The van der Waals surface area contributed by atoms with Gasteiger partial charge in [0.05, 0.1) is 4.47 Å². The van der Waals surface area contributed by atoms with E-state index in [1.807, 2.05) is 60.7 Å². The Hall–Kier alpha value is -2.91.